The van der Waals surface area contributed by atoms with Gasteiger partial charge in [0.25, 0.3) is 0 Å². The third-order valence-corrected chi connectivity index (χ3v) is 3.83. The van der Waals surface area contributed by atoms with Crippen molar-refractivity contribution in [3.8, 4) is 0 Å². The van der Waals surface area contributed by atoms with Crippen LogP contribution in [-0.4, -0.2) is 57.7 Å². The van der Waals surface area contributed by atoms with Crippen LogP contribution in [0.3, 0.4) is 0 Å². The molecule has 22 heavy (non-hydrogen) atoms. The van der Waals surface area contributed by atoms with Crippen molar-refractivity contribution in [1.82, 2.24) is 4.90 Å². The van der Waals surface area contributed by atoms with Gasteiger partial charge in [-0.2, -0.15) is 0 Å². The van der Waals surface area contributed by atoms with E-state index in [-0.39, 0.29) is 30.6 Å². The molecule has 0 saturated carbocycles. The lowest BCUT2D eigenvalue weighted by Crippen LogP contribution is -2.38. The quantitative estimate of drug-likeness (QED) is 0.528. The molecule has 0 spiro atoms. The Labute approximate surface area is 130 Å². The fourth-order valence-corrected chi connectivity index (χ4v) is 2.70. The van der Waals surface area contributed by atoms with Crippen LogP contribution in [0.2, 0.25) is 0 Å². The molecule has 0 fully saturated rings. The molecule has 0 saturated heterocycles. The number of hydrogen-bond donors (Lipinski definition) is 0. The maximum absolute atomic E-state index is 12.0. The number of carbonyl (C=O) groups is 3. The molecule has 1 heterocycles. The molecule has 0 unspecified atom stereocenters. The van der Waals surface area contributed by atoms with Gasteiger partial charge in [0.05, 0.1) is 33.3 Å². The topological polar surface area (TPSA) is 82.1 Å². The van der Waals surface area contributed by atoms with Crippen LogP contribution in [-0.2, 0) is 28.6 Å². The summed E-state index contributed by atoms with van der Waals surface area (Å²) in [5.74, 6) is -1.55. The van der Waals surface area contributed by atoms with Crippen LogP contribution in [0, 0.1) is 11.8 Å². The fourth-order valence-electron chi connectivity index (χ4n) is 2.70. The largest absolute Gasteiger partial charge is 0.469 e. The maximum Gasteiger partial charge on any atom is 0.335 e. The lowest BCUT2D eigenvalue weighted by Gasteiger charge is -2.35. The molecule has 0 aromatic carbocycles. The van der Waals surface area contributed by atoms with E-state index in [4.69, 9.17) is 9.47 Å². The highest BCUT2D eigenvalue weighted by atomic mass is 16.5. The van der Waals surface area contributed by atoms with E-state index in [1.54, 1.807) is 6.20 Å². The average Bonchev–Trinajstić information content (AvgIpc) is 2.52. The molecule has 124 valence electrons. The molecule has 7 nitrogen and oxygen atoms in total. The van der Waals surface area contributed by atoms with Gasteiger partial charge in [0.1, 0.15) is 0 Å². The second kappa shape index (κ2) is 8.41. The van der Waals surface area contributed by atoms with Crippen molar-refractivity contribution in [2.45, 2.75) is 19.3 Å². The van der Waals surface area contributed by atoms with Gasteiger partial charge in [-0.15, -0.1) is 0 Å². The molecule has 0 aromatic rings. The summed E-state index contributed by atoms with van der Waals surface area (Å²) in [7, 11) is 5.78. The number of hydrogen-bond acceptors (Lipinski definition) is 7. The Morgan fingerprint density at radius 3 is 2.32 bits per heavy atom. The van der Waals surface area contributed by atoms with Crippen LogP contribution < -0.4 is 0 Å². The molecule has 0 amide bonds. The summed E-state index contributed by atoms with van der Waals surface area (Å²) >= 11 is 0. The molecular formula is C15H23NO6. The molecule has 1 rings (SSSR count). The number of nitrogens with zero attached hydrogens (tertiary/aromatic N) is 1. The van der Waals surface area contributed by atoms with Crippen molar-refractivity contribution in [1.29, 1.82) is 0 Å². The molecule has 1 aliphatic rings. The highest BCUT2D eigenvalue weighted by Crippen LogP contribution is 2.33. The minimum atomic E-state index is -0.469. The third-order valence-electron chi connectivity index (χ3n) is 3.83. The first-order valence-electron chi connectivity index (χ1n) is 7.06. The normalized spacial score (nSPS) is 20.9. The standard InChI is InChI=1S/C15H23NO6/c1-16-8-10(5-6-13(17)20-2)11(7-14(18)21-3)12(9-16)15(19)22-4/h9-11H,5-8H2,1-4H3/t10-,11-/m1/s1. The van der Waals surface area contributed by atoms with Crippen LogP contribution >= 0.6 is 0 Å². The van der Waals surface area contributed by atoms with Gasteiger partial charge in [0, 0.05) is 32.1 Å². The van der Waals surface area contributed by atoms with Crippen LogP contribution in [0.25, 0.3) is 0 Å². The Balaban J connectivity index is 2.96. The summed E-state index contributed by atoms with van der Waals surface area (Å²) in [5, 5.41) is 0. The van der Waals surface area contributed by atoms with Crippen molar-refractivity contribution in [3.63, 3.8) is 0 Å². The molecule has 0 bridgehead atoms. The van der Waals surface area contributed by atoms with Gasteiger partial charge in [-0.3, -0.25) is 9.59 Å². The van der Waals surface area contributed by atoms with Crippen LogP contribution in [0.1, 0.15) is 19.3 Å². The Kier molecular flexibility index (Phi) is 6.88. The smallest absolute Gasteiger partial charge is 0.335 e. The van der Waals surface area contributed by atoms with E-state index >= 15 is 0 Å². The molecule has 0 N–H and O–H groups in total. The van der Waals surface area contributed by atoms with Gasteiger partial charge in [-0.25, -0.2) is 4.79 Å². The zero-order valence-corrected chi connectivity index (χ0v) is 13.5. The van der Waals surface area contributed by atoms with Gasteiger partial charge in [-0.1, -0.05) is 0 Å². The van der Waals surface area contributed by atoms with Gasteiger partial charge in [-0.05, 0) is 12.3 Å². The highest BCUT2D eigenvalue weighted by molar-refractivity contribution is 5.90. The second-order valence-electron chi connectivity index (χ2n) is 5.28. The minimum Gasteiger partial charge on any atom is -0.469 e. The molecular weight excluding hydrogens is 290 g/mol. The zero-order valence-electron chi connectivity index (χ0n) is 13.5. The predicted octanol–water partition coefficient (Wildman–Crippen LogP) is 0.737. The molecule has 0 aromatic heterocycles. The van der Waals surface area contributed by atoms with Crippen LogP contribution in [0.4, 0.5) is 0 Å². The Hall–Kier alpha value is -2.05. The van der Waals surface area contributed by atoms with Crippen molar-refractivity contribution in [3.05, 3.63) is 11.8 Å². The van der Waals surface area contributed by atoms with Gasteiger partial charge >= 0.3 is 17.9 Å². The SMILES string of the molecule is COC(=O)CC[C@@H]1CN(C)C=C(C(=O)OC)[C@@H]1CC(=O)OC. The Morgan fingerprint density at radius 2 is 1.77 bits per heavy atom. The number of carbonyl (C=O) groups excluding carboxylic acids is 3. The van der Waals surface area contributed by atoms with E-state index in [1.807, 2.05) is 11.9 Å². The minimum absolute atomic E-state index is 0.0395. The third kappa shape index (κ3) is 4.75. The molecule has 2 atom stereocenters. The van der Waals surface area contributed by atoms with Crippen molar-refractivity contribution in [2.24, 2.45) is 11.8 Å². The van der Waals surface area contributed by atoms with Gasteiger partial charge < -0.3 is 19.1 Å². The van der Waals surface area contributed by atoms with E-state index in [2.05, 4.69) is 4.74 Å². The maximum atomic E-state index is 12.0. The Bertz CT molecular complexity index is 459. The van der Waals surface area contributed by atoms with Crippen molar-refractivity contribution in [2.75, 3.05) is 34.9 Å². The summed E-state index contributed by atoms with van der Waals surface area (Å²) in [6.07, 6.45) is 2.53. The first-order valence-corrected chi connectivity index (χ1v) is 7.06. The van der Waals surface area contributed by atoms with E-state index in [0.29, 0.717) is 18.5 Å². The summed E-state index contributed by atoms with van der Waals surface area (Å²) in [4.78, 5) is 36.8. The van der Waals surface area contributed by atoms with E-state index in [9.17, 15) is 14.4 Å². The van der Waals surface area contributed by atoms with Gasteiger partial charge in [0.15, 0.2) is 0 Å². The summed E-state index contributed by atoms with van der Waals surface area (Å²) in [6.45, 7) is 0.638. The van der Waals surface area contributed by atoms with E-state index < -0.39 is 11.9 Å². The molecule has 0 radical (unpaired) electrons. The zero-order chi connectivity index (χ0) is 16.7. The number of methoxy groups -OCH3 is 3. The number of ether oxygens (including phenoxy) is 3. The van der Waals surface area contributed by atoms with Gasteiger partial charge in [0.2, 0.25) is 0 Å². The molecule has 0 aliphatic carbocycles. The van der Waals surface area contributed by atoms with Crippen LogP contribution in [0.5, 0.6) is 0 Å². The number of rotatable bonds is 6. The summed E-state index contributed by atoms with van der Waals surface area (Å²) in [5.41, 5.74) is 0.427. The Morgan fingerprint density at radius 1 is 1.14 bits per heavy atom. The summed E-state index contributed by atoms with van der Waals surface area (Å²) in [6, 6.07) is 0. The predicted molar refractivity (Wildman–Crippen MR) is 77.6 cm³/mol. The average molecular weight is 313 g/mol. The van der Waals surface area contributed by atoms with Crippen molar-refractivity contribution < 1.29 is 28.6 Å². The highest BCUT2D eigenvalue weighted by Gasteiger charge is 2.36. The lowest BCUT2D eigenvalue weighted by atomic mass is 9.78. The van der Waals surface area contributed by atoms with E-state index in [1.165, 1.54) is 21.3 Å². The molecule has 7 heteroatoms. The van der Waals surface area contributed by atoms with Crippen LogP contribution in [0.15, 0.2) is 11.8 Å². The summed E-state index contributed by atoms with van der Waals surface area (Å²) < 4.78 is 14.2. The number of esters is 3. The second-order valence-corrected chi connectivity index (χ2v) is 5.28. The first-order chi connectivity index (χ1) is 10.4. The molecule has 1 aliphatic heterocycles. The van der Waals surface area contributed by atoms with E-state index in [0.717, 1.165) is 0 Å². The fraction of sp³-hybridized carbons (Fsp3) is 0.667. The van der Waals surface area contributed by atoms with Crippen molar-refractivity contribution >= 4 is 17.9 Å². The monoisotopic (exact) mass is 313 g/mol. The first kappa shape index (κ1) is 18.0. The lowest BCUT2D eigenvalue weighted by molar-refractivity contribution is -0.142.